The van der Waals surface area contributed by atoms with Crippen molar-refractivity contribution >= 4 is 16.7 Å². The van der Waals surface area contributed by atoms with Crippen LogP contribution in [0.15, 0.2) is 48.5 Å². The maximum absolute atomic E-state index is 11.9. The molecule has 0 spiro atoms. The number of aromatic hydroxyl groups is 1. The highest BCUT2D eigenvalue weighted by molar-refractivity contribution is 5.95. The molecule has 0 amide bonds. The van der Waals surface area contributed by atoms with E-state index in [4.69, 9.17) is 9.47 Å². The number of carbonyl (C=O) groups is 1. The molecule has 200 valence electrons. The molecular formula is C34H40O4. The third-order valence-corrected chi connectivity index (χ3v) is 9.56. The van der Waals surface area contributed by atoms with Gasteiger partial charge in [0.2, 0.25) is 0 Å². The molecular weight excluding hydrogens is 472 g/mol. The largest absolute Gasteiger partial charge is 0.504 e. The number of fused-ring (bicyclic) bond motifs is 1. The zero-order chi connectivity index (χ0) is 26.3. The van der Waals surface area contributed by atoms with Crippen molar-refractivity contribution in [2.75, 3.05) is 13.7 Å². The van der Waals surface area contributed by atoms with Crippen molar-refractivity contribution in [3.63, 3.8) is 0 Å². The summed E-state index contributed by atoms with van der Waals surface area (Å²) in [7, 11) is 1.40. The Morgan fingerprint density at radius 2 is 1.55 bits per heavy atom. The van der Waals surface area contributed by atoms with Crippen LogP contribution < -0.4 is 4.74 Å². The van der Waals surface area contributed by atoms with E-state index in [1.807, 2.05) is 24.3 Å². The van der Waals surface area contributed by atoms with Crippen LogP contribution in [0.1, 0.15) is 87.1 Å². The third kappa shape index (κ3) is 4.57. The Kier molecular flexibility index (Phi) is 6.84. The molecule has 38 heavy (non-hydrogen) atoms. The van der Waals surface area contributed by atoms with Crippen LogP contribution in [0.5, 0.6) is 11.5 Å². The summed E-state index contributed by atoms with van der Waals surface area (Å²) in [6, 6.07) is 16.2. The molecule has 4 nitrogen and oxygen atoms in total. The Labute approximate surface area is 226 Å². The van der Waals surface area contributed by atoms with Gasteiger partial charge in [0.1, 0.15) is 0 Å². The highest BCUT2D eigenvalue weighted by Gasteiger charge is 2.52. The zero-order valence-electron chi connectivity index (χ0n) is 22.8. The van der Waals surface area contributed by atoms with E-state index < -0.39 is 0 Å². The minimum absolute atomic E-state index is 0.0749. The molecule has 1 N–H and O–H groups in total. The van der Waals surface area contributed by atoms with Crippen LogP contribution >= 0.6 is 0 Å². The minimum Gasteiger partial charge on any atom is -0.504 e. The Balaban J connectivity index is 1.41. The monoisotopic (exact) mass is 512 g/mol. The van der Waals surface area contributed by atoms with Crippen molar-refractivity contribution < 1.29 is 19.4 Å². The SMILES string of the molecule is CCCCCCOc1c(O)c(C23CC4CC(CC(C4)C2)C3)cc2cc(-c3ccc(C(=O)OC)cc3)ccc12. The smallest absolute Gasteiger partial charge is 0.337 e. The summed E-state index contributed by atoms with van der Waals surface area (Å²) < 4.78 is 11.3. The number of benzene rings is 3. The molecule has 0 heterocycles. The van der Waals surface area contributed by atoms with Crippen LogP contribution in [0, 0.1) is 17.8 Å². The van der Waals surface area contributed by atoms with E-state index in [1.54, 1.807) is 0 Å². The molecule has 3 aromatic rings. The summed E-state index contributed by atoms with van der Waals surface area (Å²) in [6.07, 6.45) is 12.3. The fourth-order valence-electron chi connectivity index (χ4n) is 8.15. The molecule has 4 bridgehead atoms. The second kappa shape index (κ2) is 10.3. The predicted octanol–water partition coefficient (Wildman–Crippen LogP) is 8.43. The van der Waals surface area contributed by atoms with Gasteiger partial charge in [0.05, 0.1) is 19.3 Å². The molecule has 4 aliphatic carbocycles. The van der Waals surface area contributed by atoms with Crippen LogP contribution in [0.25, 0.3) is 21.9 Å². The van der Waals surface area contributed by atoms with Crippen LogP contribution in [-0.4, -0.2) is 24.8 Å². The second-order valence-electron chi connectivity index (χ2n) is 12.2. The summed E-state index contributed by atoms with van der Waals surface area (Å²) in [4.78, 5) is 11.9. The standard InChI is InChI=1S/C34H40O4/c1-3-4-5-6-13-38-32-29-12-11-27(25-7-9-26(10-8-25)33(36)37-2)17-28(29)18-30(31(32)35)34-19-22-14-23(20-34)16-24(15-22)21-34/h7-12,17-18,22-24,35H,3-6,13-16,19-21H2,1-2H3. The van der Waals surface area contributed by atoms with Gasteiger partial charge in [-0.25, -0.2) is 4.79 Å². The molecule has 0 unspecified atom stereocenters. The van der Waals surface area contributed by atoms with Gasteiger partial charge in [-0.05, 0) is 115 Å². The van der Waals surface area contributed by atoms with E-state index in [0.717, 1.165) is 58.1 Å². The highest BCUT2D eigenvalue weighted by Crippen LogP contribution is 2.63. The van der Waals surface area contributed by atoms with Crippen molar-refractivity contribution in [1.29, 1.82) is 0 Å². The number of unbranched alkanes of at least 4 members (excludes halogenated alkanes) is 3. The average Bonchev–Trinajstić information content (AvgIpc) is 2.92. The topological polar surface area (TPSA) is 55.8 Å². The third-order valence-electron chi connectivity index (χ3n) is 9.56. The van der Waals surface area contributed by atoms with Crippen molar-refractivity contribution in [3.05, 3.63) is 59.7 Å². The highest BCUT2D eigenvalue weighted by atomic mass is 16.5. The molecule has 0 atom stereocenters. The van der Waals surface area contributed by atoms with Crippen molar-refractivity contribution in [3.8, 4) is 22.6 Å². The first-order chi connectivity index (χ1) is 18.5. The predicted molar refractivity (Wildman–Crippen MR) is 152 cm³/mol. The van der Waals surface area contributed by atoms with Crippen molar-refractivity contribution in [2.24, 2.45) is 17.8 Å². The number of phenols is 1. The lowest BCUT2D eigenvalue weighted by molar-refractivity contribution is -0.00622. The molecule has 4 heteroatoms. The van der Waals surface area contributed by atoms with Crippen LogP contribution in [-0.2, 0) is 10.2 Å². The van der Waals surface area contributed by atoms with Crippen LogP contribution in [0.2, 0.25) is 0 Å². The average molecular weight is 513 g/mol. The molecule has 4 fully saturated rings. The van der Waals surface area contributed by atoms with E-state index in [2.05, 4.69) is 31.2 Å². The normalized spacial score (nSPS) is 25.6. The fraction of sp³-hybridized carbons (Fsp3) is 0.500. The number of phenolic OH excluding ortho intramolecular Hbond substituents is 1. The first-order valence-corrected chi connectivity index (χ1v) is 14.6. The number of hydrogen-bond donors (Lipinski definition) is 1. The quantitative estimate of drug-likeness (QED) is 0.231. The number of carbonyl (C=O) groups excluding carboxylic acids is 1. The number of methoxy groups -OCH3 is 1. The van der Waals surface area contributed by atoms with E-state index in [-0.39, 0.29) is 11.4 Å². The van der Waals surface area contributed by atoms with Crippen molar-refractivity contribution in [1.82, 2.24) is 0 Å². The fourth-order valence-corrected chi connectivity index (χ4v) is 8.15. The number of rotatable bonds is 9. The lowest BCUT2D eigenvalue weighted by atomic mass is 9.48. The number of esters is 1. The first-order valence-electron chi connectivity index (χ1n) is 14.6. The molecule has 3 aromatic carbocycles. The molecule has 7 rings (SSSR count). The maximum atomic E-state index is 11.9. The molecule has 0 saturated heterocycles. The Morgan fingerprint density at radius 3 is 2.18 bits per heavy atom. The molecule has 0 aliphatic heterocycles. The summed E-state index contributed by atoms with van der Waals surface area (Å²) in [5.41, 5.74) is 3.87. The van der Waals surface area contributed by atoms with Crippen molar-refractivity contribution in [2.45, 2.75) is 76.5 Å². The summed E-state index contributed by atoms with van der Waals surface area (Å²) in [5, 5.41) is 13.9. The maximum Gasteiger partial charge on any atom is 0.337 e. The first kappa shape index (κ1) is 25.3. The van der Waals surface area contributed by atoms with Gasteiger partial charge in [0.15, 0.2) is 11.5 Å². The Bertz CT molecular complexity index is 1290. The molecule has 0 aromatic heterocycles. The summed E-state index contributed by atoms with van der Waals surface area (Å²) in [5.74, 6) is 3.12. The summed E-state index contributed by atoms with van der Waals surface area (Å²) >= 11 is 0. The van der Waals surface area contributed by atoms with Gasteiger partial charge in [-0.3, -0.25) is 0 Å². The van der Waals surface area contributed by atoms with Gasteiger partial charge in [-0.15, -0.1) is 0 Å². The minimum atomic E-state index is -0.327. The van der Waals surface area contributed by atoms with Gasteiger partial charge in [-0.1, -0.05) is 44.4 Å². The van der Waals surface area contributed by atoms with Gasteiger partial charge >= 0.3 is 5.97 Å². The van der Waals surface area contributed by atoms with E-state index >= 15 is 0 Å². The summed E-state index contributed by atoms with van der Waals surface area (Å²) in [6.45, 7) is 2.85. The van der Waals surface area contributed by atoms with Crippen LogP contribution in [0.3, 0.4) is 0 Å². The number of ether oxygens (including phenoxy) is 2. The van der Waals surface area contributed by atoms with Gasteiger partial charge in [0, 0.05) is 10.9 Å². The van der Waals surface area contributed by atoms with Gasteiger partial charge < -0.3 is 14.6 Å². The van der Waals surface area contributed by atoms with E-state index in [1.165, 1.54) is 58.5 Å². The Morgan fingerprint density at radius 1 is 0.895 bits per heavy atom. The van der Waals surface area contributed by atoms with Gasteiger partial charge in [-0.2, -0.15) is 0 Å². The zero-order valence-corrected chi connectivity index (χ0v) is 22.8. The molecule has 4 saturated carbocycles. The molecule has 0 radical (unpaired) electrons. The van der Waals surface area contributed by atoms with E-state index in [9.17, 15) is 9.90 Å². The lowest BCUT2D eigenvalue weighted by Gasteiger charge is -2.57. The lowest BCUT2D eigenvalue weighted by Crippen LogP contribution is -2.48. The molecule has 4 aliphatic rings. The van der Waals surface area contributed by atoms with Crippen LogP contribution in [0.4, 0.5) is 0 Å². The van der Waals surface area contributed by atoms with E-state index in [0.29, 0.717) is 23.7 Å². The Hall–Kier alpha value is -3.01. The number of hydrogen-bond acceptors (Lipinski definition) is 4. The second-order valence-corrected chi connectivity index (χ2v) is 12.2. The van der Waals surface area contributed by atoms with Gasteiger partial charge in [0.25, 0.3) is 0 Å².